The Hall–Kier alpha value is -0.950. The molecule has 1 N–H and O–H groups in total. The van der Waals surface area contributed by atoms with Gasteiger partial charge in [0.15, 0.2) is 0 Å². The van der Waals surface area contributed by atoms with Crippen molar-refractivity contribution in [1.29, 1.82) is 0 Å². The van der Waals surface area contributed by atoms with Crippen LogP contribution in [0.15, 0.2) is 12.1 Å². The van der Waals surface area contributed by atoms with Gasteiger partial charge in [0.1, 0.15) is 0 Å². The number of amides is 1. The van der Waals surface area contributed by atoms with Gasteiger partial charge in [-0.15, -0.1) is 0 Å². The predicted molar refractivity (Wildman–Crippen MR) is 78.0 cm³/mol. The zero-order valence-corrected chi connectivity index (χ0v) is 12.7. The van der Waals surface area contributed by atoms with Crippen molar-refractivity contribution in [3.05, 3.63) is 27.1 Å². The summed E-state index contributed by atoms with van der Waals surface area (Å²) in [5, 5.41) is 13.4. The van der Waals surface area contributed by atoms with Gasteiger partial charge in [0.2, 0.25) is 0 Å². The van der Waals surface area contributed by atoms with Crippen LogP contribution in [0.3, 0.4) is 0 Å². The van der Waals surface area contributed by atoms with Gasteiger partial charge in [0.05, 0.1) is 9.80 Å². The molecule has 0 spiro atoms. The maximum absolute atomic E-state index is 11.9. The SMILES string of the molecule is O=C(NCC1CCCCC1Br)c1ccc([N+](=O)[O-])s1. The van der Waals surface area contributed by atoms with E-state index in [0.29, 0.717) is 22.2 Å². The molecule has 1 aliphatic rings. The number of rotatable bonds is 4. The molecule has 2 atom stereocenters. The number of carbonyl (C=O) groups is 1. The Bertz CT molecular complexity index is 477. The van der Waals surface area contributed by atoms with Crippen molar-refractivity contribution in [2.45, 2.75) is 30.5 Å². The first-order valence-electron chi connectivity index (χ1n) is 6.24. The standard InChI is InChI=1S/C12H15BrN2O3S/c13-9-4-2-1-3-8(9)7-14-12(16)10-5-6-11(19-10)15(17)18/h5-6,8-9H,1-4,7H2,(H,14,16). The minimum Gasteiger partial charge on any atom is -0.351 e. The highest BCUT2D eigenvalue weighted by molar-refractivity contribution is 9.09. The summed E-state index contributed by atoms with van der Waals surface area (Å²) in [7, 11) is 0. The van der Waals surface area contributed by atoms with Gasteiger partial charge >= 0.3 is 5.00 Å². The summed E-state index contributed by atoms with van der Waals surface area (Å²) in [6.45, 7) is 0.625. The molecule has 1 amide bonds. The number of hydrogen-bond donors (Lipinski definition) is 1. The second kappa shape index (κ2) is 6.47. The van der Waals surface area contributed by atoms with E-state index in [1.54, 1.807) is 0 Å². The number of hydrogen-bond acceptors (Lipinski definition) is 4. The Labute approximate surface area is 123 Å². The fourth-order valence-electron chi connectivity index (χ4n) is 2.25. The molecule has 1 heterocycles. The van der Waals surface area contributed by atoms with Crippen molar-refractivity contribution in [3.63, 3.8) is 0 Å². The number of carbonyl (C=O) groups excluding carboxylic acids is 1. The van der Waals surface area contributed by atoms with Crippen LogP contribution < -0.4 is 5.32 Å². The van der Waals surface area contributed by atoms with Crippen molar-refractivity contribution in [3.8, 4) is 0 Å². The normalized spacial score (nSPS) is 23.0. The second-order valence-electron chi connectivity index (χ2n) is 4.67. The number of thiophene rings is 1. The van der Waals surface area contributed by atoms with E-state index in [4.69, 9.17) is 0 Å². The third-order valence-electron chi connectivity index (χ3n) is 3.34. The maximum Gasteiger partial charge on any atom is 0.324 e. The molecule has 0 radical (unpaired) electrons. The van der Waals surface area contributed by atoms with Crippen LogP contribution in [0.5, 0.6) is 0 Å². The van der Waals surface area contributed by atoms with Crippen molar-refractivity contribution < 1.29 is 9.72 Å². The van der Waals surface area contributed by atoms with E-state index in [0.717, 1.165) is 24.2 Å². The van der Waals surface area contributed by atoms with Crippen molar-refractivity contribution in [2.24, 2.45) is 5.92 Å². The molecule has 0 aromatic carbocycles. The van der Waals surface area contributed by atoms with Gasteiger partial charge in [-0.3, -0.25) is 14.9 Å². The molecule has 1 aromatic rings. The van der Waals surface area contributed by atoms with Gasteiger partial charge in [-0.1, -0.05) is 40.1 Å². The van der Waals surface area contributed by atoms with E-state index >= 15 is 0 Å². The molecule has 104 valence electrons. The lowest BCUT2D eigenvalue weighted by molar-refractivity contribution is -0.380. The molecule has 19 heavy (non-hydrogen) atoms. The van der Waals surface area contributed by atoms with Crippen LogP contribution in [-0.2, 0) is 0 Å². The molecule has 0 aliphatic heterocycles. The Morgan fingerprint density at radius 2 is 2.21 bits per heavy atom. The Kier molecular flexibility index (Phi) is 4.93. The molecule has 1 saturated carbocycles. The lowest BCUT2D eigenvalue weighted by atomic mass is 9.89. The lowest BCUT2D eigenvalue weighted by Gasteiger charge is -2.27. The van der Waals surface area contributed by atoms with E-state index in [1.807, 2.05) is 0 Å². The molecule has 5 nitrogen and oxygen atoms in total. The van der Waals surface area contributed by atoms with E-state index in [9.17, 15) is 14.9 Å². The summed E-state index contributed by atoms with van der Waals surface area (Å²) in [6, 6.07) is 2.87. The summed E-state index contributed by atoms with van der Waals surface area (Å²) in [5.74, 6) is 0.232. The molecular formula is C12H15BrN2O3S. The molecule has 1 aromatic heterocycles. The van der Waals surface area contributed by atoms with Crippen LogP contribution in [0, 0.1) is 16.0 Å². The molecule has 1 aliphatic carbocycles. The second-order valence-corrected chi connectivity index (χ2v) is 6.90. The summed E-state index contributed by atoms with van der Waals surface area (Å²) in [5.41, 5.74) is 0. The van der Waals surface area contributed by atoms with Crippen LogP contribution in [0.1, 0.15) is 35.4 Å². The van der Waals surface area contributed by atoms with Gasteiger partial charge in [-0.2, -0.15) is 0 Å². The van der Waals surface area contributed by atoms with Gasteiger partial charge in [-0.25, -0.2) is 0 Å². The van der Waals surface area contributed by atoms with Gasteiger partial charge in [-0.05, 0) is 24.8 Å². The summed E-state index contributed by atoms with van der Waals surface area (Å²) < 4.78 is 0. The average molecular weight is 347 g/mol. The molecular weight excluding hydrogens is 332 g/mol. The van der Waals surface area contributed by atoms with E-state index in [-0.39, 0.29) is 10.9 Å². The monoisotopic (exact) mass is 346 g/mol. The van der Waals surface area contributed by atoms with Gasteiger partial charge in [0.25, 0.3) is 5.91 Å². The first kappa shape index (κ1) is 14.5. The third kappa shape index (κ3) is 3.76. The molecule has 7 heteroatoms. The Morgan fingerprint density at radius 1 is 1.47 bits per heavy atom. The van der Waals surface area contributed by atoms with Crippen molar-refractivity contribution >= 4 is 38.2 Å². The molecule has 0 saturated heterocycles. The number of nitro groups is 1. The maximum atomic E-state index is 11.9. The largest absolute Gasteiger partial charge is 0.351 e. The first-order valence-corrected chi connectivity index (χ1v) is 7.97. The molecule has 0 bridgehead atoms. The van der Waals surface area contributed by atoms with E-state index in [1.165, 1.54) is 25.0 Å². The fourth-order valence-corrected chi connectivity index (χ4v) is 3.76. The number of halogens is 1. The minimum atomic E-state index is -0.475. The van der Waals surface area contributed by atoms with Crippen LogP contribution in [0.2, 0.25) is 0 Å². The third-order valence-corrected chi connectivity index (χ3v) is 5.58. The molecule has 1 fully saturated rings. The summed E-state index contributed by atoms with van der Waals surface area (Å²) in [6.07, 6.45) is 4.69. The summed E-state index contributed by atoms with van der Waals surface area (Å²) >= 11 is 4.56. The smallest absolute Gasteiger partial charge is 0.324 e. The number of nitrogens with one attached hydrogen (secondary N) is 1. The van der Waals surface area contributed by atoms with Gasteiger partial charge in [0, 0.05) is 17.4 Å². The highest BCUT2D eigenvalue weighted by atomic mass is 79.9. The van der Waals surface area contributed by atoms with E-state index in [2.05, 4.69) is 21.2 Å². The van der Waals surface area contributed by atoms with Crippen LogP contribution >= 0.6 is 27.3 Å². The van der Waals surface area contributed by atoms with Crippen molar-refractivity contribution in [1.82, 2.24) is 5.32 Å². The fraction of sp³-hybridized carbons (Fsp3) is 0.583. The van der Waals surface area contributed by atoms with Crippen LogP contribution in [-0.4, -0.2) is 22.2 Å². The van der Waals surface area contributed by atoms with Crippen molar-refractivity contribution in [2.75, 3.05) is 6.54 Å². The quantitative estimate of drug-likeness (QED) is 0.516. The molecule has 2 rings (SSSR count). The topological polar surface area (TPSA) is 72.2 Å². The zero-order valence-electron chi connectivity index (χ0n) is 10.3. The number of nitrogens with zero attached hydrogens (tertiary/aromatic N) is 1. The minimum absolute atomic E-state index is 0.00110. The number of alkyl halides is 1. The summed E-state index contributed by atoms with van der Waals surface area (Å²) in [4.78, 5) is 22.8. The average Bonchev–Trinajstić information content (AvgIpc) is 2.87. The predicted octanol–water partition coefficient (Wildman–Crippen LogP) is 3.34. The highest BCUT2D eigenvalue weighted by Gasteiger charge is 2.23. The van der Waals surface area contributed by atoms with E-state index < -0.39 is 4.92 Å². The molecule has 2 unspecified atom stereocenters. The van der Waals surface area contributed by atoms with Gasteiger partial charge < -0.3 is 5.32 Å². The van der Waals surface area contributed by atoms with Crippen LogP contribution in [0.25, 0.3) is 0 Å². The zero-order chi connectivity index (χ0) is 13.8. The van der Waals surface area contributed by atoms with Crippen LogP contribution in [0.4, 0.5) is 5.00 Å². The first-order chi connectivity index (χ1) is 9.08. The Morgan fingerprint density at radius 3 is 2.84 bits per heavy atom. The lowest BCUT2D eigenvalue weighted by Crippen LogP contribution is -2.34. The Balaban J connectivity index is 1.88. The highest BCUT2D eigenvalue weighted by Crippen LogP contribution is 2.29.